The van der Waals surface area contributed by atoms with Crippen LogP contribution in [0.15, 0.2) is 29.4 Å². The molecule has 0 radical (unpaired) electrons. The molecule has 0 saturated heterocycles. The third-order valence-corrected chi connectivity index (χ3v) is 2.83. The van der Waals surface area contributed by atoms with Crippen molar-refractivity contribution in [2.45, 2.75) is 31.8 Å². The zero-order chi connectivity index (χ0) is 11.2. The number of guanidine groups is 1. The highest BCUT2D eigenvalue weighted by Gasteiger charge is 2.17. The van der Waals surface area contributed by atoms with E-state index in [0.717, 1.165) is 11.7 Å². The second-order valence-corrected chi connectivity index (χ2v) is 4.02. The number of aliphatic imine (C=N–C) groups is 1. The number of hydrogen-bond acceptors (Lipinski definition) is 2. The minimum atomic E-state index is 0.606. The molecule has 4 nitrogen and oxygen atoms in total. The van der Waals surface area contributed by atoms with Crippen molar-refractivity contribution in [1.29, 1.82) is 0 Å². The normalized spacial score (nSPS) is 16.7. The van der Waals surface area contributed by atoms with Crippen LogP contribution in [0.4, 0.5) is 0 Å². The fraction of sp³-hybridized carbons (Fsp3) is 0.500. The molecule has 1 saturated carbocycles. The number of nitrogens with one attached hydrogen (secondary N) is 2. The van der Waals surface area contributed by atoms with Crippen molar-refractivity contribution in [1.82, 2.24) is 15.6 Å². The van der Waals surface area contributed by atoms with Gasteiger partial charge in [-0.15, -0.1) is 0 Å². The maximum atomic E-state index is 4.25. The Morgan fingerprint density at radius 1 is 1.50 bits per heavy atom. The van der Waals surface area contributed by atoms with Crippen molar-refractivity contribution in [3.05, 3.63) is 30.1 Å². The summed E-state index contributed by atoms with van der Waals surface area (Å²) in [5.74, 6) is 0.871. The van der Waals surface area contributed by atoms with Crippen molar-refractivity contribution in [2.24, 2.45) is 4.99 Å². The lowest BCUT2D eigenvalue weighted by Gasteiger charge is -2.28. The lowest BCUT2D eigenvalue weighted by Crippen LogP contribution is -2.46. The molecule has 1 fully saturated rings. The van der Waals surface area contributed by atoms with E-state index in [1.165, 1.54) is 19.3 Å². The van der Waals surface area contributed by atoms with Crippen LogP contribution in [0.2, 0.25) is 0 Å². The summed E-state index contributed by atoms with van der Waals surface area (Å²) in [6, 6.07) is 6.52. The second-order valence-electron chi connectivity index (χ2n) is 4.02. The monoisotopic (exact) mass is 218 g/mol. The maximum Gasteiger partial charge on any atom is 0.191 e. The molecule has 2 N–H and O–H groups in total. The lowest BCUT2D eigenvalue weighted by molar-refractivity contribution is 0.379. The molecule has 1 aromatic rings. The van der Waals surface area contributed by atoms with Crippen LogP contribution in [0.5, 0.6) is 0 Å². The van der Waals surface area contributed by atoms with Crippen molar-refractivity contribution in [2.75, 3.05) is 7.05 Å². The molecule has 1 aromatic heterocycles. The largest absolute Gasteiger partial charge is 0.354 e. The summed E-state index contributed by atoms with van der Waals surface area (Å²) in [5, 5.41) is 6.65. The first kappa shape index (κ1) is 10.9. The van der Waals surface area contributed by atoms with Crippen LogP contribution in [0.3, 0.4) is 0 Å². The van der Waals surface area contributed by atoms with Crippen molar-refractivity contribution >= 4 is 5.96 Å². The minimum Gasteiger partial charge on any atom is -0.354 e. The van der Waals surface area contributed by atoms with Gasteiger partial charge in [0.2, 0.25) is 0 Å². The van der Waals surface area contributed by atoms with Crippen LogP contribution in [0, 0.1) is 0 Å². The highest BCUT2D eigenvalue weighted by Crippen LogP contribution is 2.17. The summed E-state index contributed by atoms with van der Waals surface area (Å²) in [7, 11) is 1.80. The van der Waals surface area contributed by atoms with Crippen molar-refractivity contribution in [3.8, 4) is 0 Å². The average Bonchev–Trinajstić information content (AvgIpc) is 2.28. The van der Waals surface area contributed by atoms with Gasteiger partial charge in [-0.3, -0.25) is 9.98 Å². The Labute approximate surface area is 96.2 Å². The first-order valence-electron chi connectivity index (χ1n) is 5.75. The highest BCUT2D eigenvalue weighted by molar-refractivity contribution is 5.79. The summed E-state index contributed by atoms with van der Waals surface area (Å²) in [6.45, 7) is 0.716. The first-order chi connectivity index (χ1) is 7.88. The molecule has 0 atom stereocenters. The van der Waals surface area contributed by atoms with Crippen molar-refractivity contribution in [3.63, 3.8) is 0 Å². The molecule has 0 unspecified atom stereocenters. The molecule has 4 heteroatoms. The van der Waals surface area contributed by atoms with Crippen LogP contribution >= 0.6 is 0 Å². The zero-order valence-corrected chi connectivity index (χ0v) is 9.61. The van der Waals surface area contributed by atoms with Gasteiger partial charge < -0.3 is 10.6 Å². The smallest absolute Gasteiger partial charge is 0.191 e. The number of nitrogens with zero attached hydrogens (tertiary/aromatic N) is 2. The van der Waals surface area contributed by atoms with E-state index in [2.05, 4.69) is 20.6 Å². The SMILES string of the molecule is CN=C(NCc1ccccn1)NC1CCC1. The Kier molecular flexibility index (Phi) is 3.75. The molecule has 0 aromatic carbocycles. The average molecular weight is 218 g/mol. The number of aromatic nitrogens is 1. The van der Waals surface area contributed by atoms with E-state index in [9.17, 15) is 0 Å². The third-order valence-electron chi connectivity index (χ3n) is 2.83. The third kappa shape index (κ3) is 2.95. The predicted molar refractivity (Wildman–Crippen MR) is 65.2 cm³/mol. The molecule has 1 heterocycles. The fourth-order valence-electron chi connectivity index (χ4n) is 1.62. The summed E-state index contributed by atoms with van der Waals surface area (Å²) in [5.41, 5.74) is 1.03. The topological polar surface area (TPSA) is 49.3 Å². The Morgan fingerprint density at radius 2 is 2.38 bits per heavy atom. The van der Waals surface area contributed by atoms with Gasteiger partial charge in [-0.2, -0.15) is 0 Å². The quantitative estimate of drug-likeness (QED) is 0.594. The van der Waals surface area contributed by atoms with Gasteiger partial charge in [-0.25, -0.2) is 0 Å². The maximum absolute atomic E-state index is 4.25. The first-order valence-corrected chi connectivity index (χ1v) is 5.75. The molecular formula is C12H18N4. The molecule has 2 rings (SSSR count). The summed E-state index contributed by atoms with van der Waals surface area (Å²) in [4.78, 5) is 8.44. The minimum absolute atomic E-state index is 0.606. The molecule has 0 amide bonds. The molecule has 86 valence electrons. The van der Waals surface area contributed by atoms with Crippen LogP contribution in [-0.2, 0) is 6.54 Å². The molecule has 1 aliphatic carbocycles. The fourth-order valence-corrected chi connectivity index (χ4v) is 1.62. The van der Waals surface area contributed by atoms with Gasteiger partial charge in [0.1, 0.15) is 0 Å². The Bertz CT molecular complexity index is 343. The van der Waals surface area contributed by atoms with Crippen LogP contribution in [0.25, 0.3) is 0 Å². The van der Waals surface area contributed by atoms with Gasteiger partial charge in [0, 0.05) is 19.3 Å². The van der Waals surface area contributed by atoms with Gasteiger partial charge in [0.05, 0.1) is 12.2 Å². The lowest BCUT2D eigenvalue weighted by atomic mass is 9.93. The van der Waals surface area contributed by atoms with Gasteiger partial charge in [-0.05, 0) is 31.4 Å². The van der Waals surface area contributed by atoms with Crippen molar-refractivity contribution < 1.29 is 0 Å². The van der Waals surface area contributed by atoms with Gasteiger partial charge in [0.25, 0.3) is 0 Å². The van der Waals surface area contributed by atoms with Gasteiger partial charge in [-0.1, -0.05) is 6.07 Å². The standard InChI is InChI=1S/C12H18N4/c1-13-12(16-10-6-4-7-10)15-9-11-5-2-3-8-14-11/h2-3,5,8,10H,4,6-7,9H2,1H3,(H2,13,15,16). The van der Waals surface area contributed by atoms with E-state index in [1.807, 2.05) is 18.2 Å². The number of pyridine rings is 1. The molecule has 16 heavy (non-hydrogen) atoms. The predicted octanol–water partition coefficient (Wildman–Crippen LogP) is 1.30. The summed E-state index contributed by atoms with van der Waals surface area (Å²) < 4.78 is 0. The molecule has 0 bridgehead atoms. The zero-order valence-electron chi connectivity index (χ0n) is 9.61. The summed E-state index contributed by atoms with van der Waals surface area (Å²) >= 11 is 0. The van der Waals surface area contributed by atoms with E-state index in [-0.39, 0.29) is 0 Å². The molecular weight excluding hydrogens is 200 g/mol. The highest BCUT2D eigenvalue weighted by atomic mass is 15.2. The molecule has 1 aliphatic rings. The van der Waals surface area contributed by atoms with Crippen LogP contribution in [-0.4, -0.2) is 24.0 Å². The molecule has 0 aliphatic heterocycles. The van der Waals surface area contributed by atoms with Crippen LogP contribution < -0.4 is 10.6 Å². The van der Waals surface area contributed by atoms with E-state index in [0.29, 0.717) is 12.6 Å². The summed E-state index contributed by atoms with van der Waals surface area (Å²) in [6.07, 6.45) is 5.64. The Hall–Kier alpha value is -1.58. The van der Waals surface area contributed by atoms with E-state index >= 15 is 0 Å². The number of rotatable bonds is 3. The van der Waals surface area contributed by atoms with E-state index in [1.54, 1.807) is 13.2 Å². The van der Waals surface area contributed by atoms with E-state index < -0.39 is 0 Å². The second kappa shape index (κ2) is 5.49. The Morgan fingerprint density at radius 3 is 2.94 bits per heavy atom. The van der Waals surface area contributed by atoms with Gasteiger partial charge in [0.15, 0.2) is 5.96 Å². The number of hydrogen-bond donors (Lipinski definition) is 2. The van der Waals surface area contributed by atoms with E-state index in [4.69, 9.17) is 0 Å². The Balaban J connectivity index is 1.79. The van der Waals surface area contributed by atoms with Gasteiger partial charge >= 0.3 is 0 Å². The molecule has 0 spiro atoms. The van der Waals surface area contributed by atoms with Crippen LogP contribution in [0.1, 0.15) is 25.0 Å².